The number of amidine groups is 1. The van der Waals surface area contributed by atoms with Crippen LogP contribution < -0.4 is 10.6 Å². The Labute approximate surface area is 322 Å². The van der Waals surface area contributed by atoms with Crippen molar-refractivity contribution in [1.82, 2.24) is 25.6 Å². The Balaban J connectivity index is 1.02. The fourth-order valence-electron chi connectivity index (χ4n) is 7.80. The molecular weight excluding hydrogens is 693 g/mol. The molecule has 4 heterocycles. The number of fused-ring (bicyclic) bond motifs is 6. The number of aromatic nitrogens is 3. The van der Waals surface area contributed by atoms with Crippen molar-refractivity contribution < 1.29 is 8.83 Å². The Morgan fingerprint density at radius 1 is 0.500 bits per heavy atom. The van der Waals surface area contributed by atoms with E-state index in [2.05, 4.69) is 77.4 Å². The topological polar surface area (TPSA) is 101 Å². The Morgan fingerprint density at radius 2 is 1.05 bits per heavy atom. The average molecular weight is 727 g/mol. The van der Waals surface area contributed by atoms with Crippen LogP contribution in [0.15, 0.2) is 177 Å². The summed E-state index contributed by atoms with van der Waals surface area (Å²) in [6.45, 7) is 0. The average Bonchev–Trinajstić information content (AvgIpc) is 3.82. The molecule has 3 aromatic heterocycles. The number of allylic oxidation sites excluding steroid dienone is 2. The van der Waals surface area contributed by atoms with Gasteiger partial charge < -0.3 is 14.2 Å². The molecule has 0 amide bonds. The zero-order chi connectivity index (χ0) is 37.0. The van der Waals surface area contributed by atoms with Crippen molar-refractivity contribution in [1.29, 1.82) is 0 Å². The smallest absolute Gasteiger partial charge is 0.164 e. The molecule has 0 saturated heterocycles. The Bertz CT molecular complexity index is 2980. The number of aliphatic imine (C=N–C) groups is 1. The quantitative estimate of drug-likeness (QED) is 0.176. The van der Waals surface area contributed by atoms with Crippen molar-refractivity contribution in [2.75, 3.05) is 0 Å². The second-order valence-corrected chi connectivity index (χ2v) is 14.2. The highest BCUT2D eigenvalue weighted by Crippen LogP contribution is 2.39. The minimum absolute atomic E-state index is 0.107. The van der Waals surface area contributed by atoms with Crippen molar-refractivity contribution in [2.24, 2.45) is 4.99 Å². The van der Waals surface area contributed by atoms with Crippen LogP contribution >= 0.6 is 0 Å². The van der Waals surface area contributed by atoms with E-state index in [0.29, 0.717) is 17.5 Å². The normalized spacial score (nSPS) is 17.0. The number of hydrogen-bond donors (Lipinski definition) is 2. The molecule has 9 aromatic rings. The van der Waals surface area contributed by atoms with Crippen LogP contribution in [0.2, 0.25) is 0 Å². The minimum atomic E-state index is -0.173. The Kier molecular flexibility index (Phi) is 7.67. The summed E-state index contributed by atoms with van der Waals surface area (Å²) in [5.74, 6) is 2.67. The van der Waals surface area contributed by atoms with Crippen LogP contribution in [0.4, 0.5) is 0 Å². The van der Waals surface area contributed by atoms with E-state index in [1.54, 1.807) is 0 Å². The summed E-state index contributed by atoms with van der Waals surface area (Å²) in [5.41, 5.74) is 9.15. The molecule has 0 fully saturated rings. The van der Waals surface area contributed by atoms with E-state index < -0.39 is 0 Å². The number of hydrogen-bond acceptors (Lipinski definition) is 8. The van der Waals surface area contributed by atoms with Gasteiger partial charge in [0.2, 0.25) is 0 Å². The van der Waals surface area contributed by atoms with Gasteiger partial charge in [-0.2, -0.15) is 0 Å². The maximum absolute atomic E-state index is 6.43. The number of benzene rings is 6. The predicted molar refractivity (Wildman–Crippen MR) is 223 cm³/mol. The van der Waals surface area contributed by atoms with Gasteiger partial charge in [0.25, 0.3) is 0 Å². The SMILES string of the molecule is C1=CC(C2N=C(c3ccc4oc5cc6oc7ccc(-c8nc(-c9ccccc9)nc(-c9ccccc9)n8)cc7c6cc5c4c3)NC(c3ccccc3)N2)=CCC1. The Morgan fingerprint density at radius 3 is 1.66 bits per heavy atom. The molecule has 1 aliphatic carbocycles. The van der Waals surface area contributed by atoms with Crippen molar-refractivity contribution in [3.63, 3.8) is 0 Å². The monoisotopic (exact) mass is 726 g/mol. The van der Waals surface area contributed by atoms with Gasteiger partial charge in [0.05, 0.1) is 0 Å². The van der Waals surface area contributed by atoms with E-state index in [1.807, 2.05) is 91.0 Å². The highest BCUT2D eigenvalue weighted by Gasteiger charge is 2.27. The summed E-state index contributed by atoms with van der Waals surface area (Å²) >= 11 is 0. The maximum Gasteiger partial charge on any atom is 0.164 e. The molecule has 1 aliphatic heterocycles. The lowest BCUT2D eigenvalue weighted by atomic mass is 10.0. The summed E-state index contributed by atoms with van der Waals surface area (Å²) < 4.78 is 12.8. The summed E-state index contributed by atoms with van der Waals surface area (Å²) in [6, 6.07) is 47.1. The number of nitrogens with zero attached hydrogens (tertiary/aromatic N) is 4. The van der Waals surface area contributed by atoms with Crippen LogP contribution in [0.5, 0.6) is 0 Å². The molecule has 2 unspecified atom stereocenters. The second-order valence-electron chi connectivity index (χ2n) is 14.2. The lowest BCUT2D eigenvalue weighted by molar-refractivity contribution is 0.434. The van der Waals surface area contributed by atoms with Crippen molar-refractivity contribution in [3.8, 4) is 34.2 Å². The van der Waals surface area contributed by atoms with E-state index in [9.17, 15) is 0 Å². The van der Waals surface area contributed by atoms with Crippen molar-refractivity contribution in [2.45, 2.75) is 25.2 Å². The molecule has 0 radical (unpaired) electrons. The molecule has 2 aliphatic rings. The fraction of sp³-hybridized carbons (Fsp3) is 0.0833. The van der Waals surface area contributed by atoms with E-state index in [-0.39, 0.29) is 12.3 Å². The highest BCUT2D eigenvalue weighted by atomic mass is 16.3. The van der Waals surface area contributed by atoms with Gasteiger partial charge in [-0.15, -0.1) is 0 Å². The first-order valence-corrected chi connectivity index (χ1v) is 18.9. The standard InChI is InChI=1S/C48H34N6O2/c1-5-13-29(14-6-1)43-49-44(30-15-7-2-8-16-30)52-47(51-43)33-21-23-39-35(25-33)37-27-38-36-26-34(22-24-40(36)56-42(38)28-41(37)55-39)48-53-45(31-17-9-3-10-18-31)50-46(54-48)32-19-11-4-12-20-32/h1-3,5-11,13-28,45-46,50H,4,12H2,(H,53,54). The molecule has 8 heteroatoms. The van der Waals surface area contributed by atoms with E-state index in [4.69, 9.17) is 28.8 Å². The third kappa shape index (κ3) is 5.75. The fourth-order valence-corrected chi connectivity index (χ4v) is 7.80. The molecule has 8 nitrogen and oxygen atoms in total. The van der Waals surface area contributed by atoms with Crippen LogP contribution in [0, 0.1) is 0 Å². The molecule has 0 saturated carbocycles. The number of nitrogens with one attached hydrogen (secondary N) is 2. The molecule has 2 atom stereocenters. The zero-order valence-corrected chi connectivity index (χ0v) is 30.2. The van der Waals surface area contributed by atoms with E-state index >= 15 is 0 Å². The van der Waals surface area contributed by atoms with Crippen LogP contribution in [0.3, 0.4) is 0 Å². The molecular formula is C48H34N6O2. The predicted octanol–water partition coefficient (Wildman–Crippen LogP) is 10.9. The number of furan rings is 2. The molecule has 56 heavy (non-hydrogen) atoms. The van der Waals surface area contributed by atoms with Gasteiger partial charge in [-0.25, -0.2) is 19.9 Å². The Hall–Kier alpha value is -7.16. The molecule has 0 bridgehead atoms. The van der Waals surface area contributed by atoms with Crippen LogP contribution in [0.25, 0.3) is 78.0 Å². The third-order valence-corrected chi connectivity index (χ3v) is 10.6. The van der Waals surface area contributed by atoms with E-state index in [0.717, 1.165) is 90.4 Å². The molecule has 11 rings (SSSR count). The molecule has 6 aromatic carbocycles. The van der Waals surface area contributed by atoms with Gasteiger partial charge in [0.15, 0.2) is 17.5 Å². The maximum atomic E-state index is 6.43. The van der Waals surface area contributed by atoms with Gasteiger partial charge in [-0.3, -0.25) is 5.32 Å². The third-order valence-electron chi connectivity index (χ3n) is 10.6. The highest BCUT2D eigenvalue weighted by molar-refractivity contribution is 6.16. The van der Waals surface area contributed by atoms with Gasteiger partial charge in [0.1, 0.15) is 40.5 Å². The van der Waals surface area contributed by atoms with Gasteiger partial charge in [-0.1, -0.05) is 109 Å². The first kappa shape index (κ1) is 32.3. The summed E-state index contributed by atoms with van der Waals surface area (Å²) in [4.78, 5) is 20.0. The lowest BCUT2D eigenvalue weighted by Crippen LogP contribution is -2.49. The summed E-state index contributed by atoms with van der Waals surface area (Å²) in [5, 5.41) is 11.4. The van der Waals surface area contributed by atoms with Gasteiger partial charge in [0, 0.05) is 49.9 Å². The van der Waals surface area contributed by atoms with E-state index in [1.165, 1.54) is 5.57 Å². The summed E-state index contributed by atoms with van der Waals surface area (Å²) in [7, 11) is 0. The van der Waals surface area contributed by atoms with Crippen LogP contribution in [-0.4, -0.2) is 27.0 Å². The minimum Gasteiger partial charge on any atom is -0.456 e. The first-order chi connectivity index (χ1) is 27.7. The van der Waals surface area contributed by atoms with Crippen molar-refractivity contribution in [3.05, 3.63) is 174 Å². The largest absolute Gasteiger partial charge is 0.456 e. The molecule has 268 valence electrons. The summed E-state index contributed by atoms with van der Waals surface area (Å²) in [6.07, 6.45) is 8.50. The lowest BCUT2D eigenvalue weighted by Gasteiger charge is -2.33. The number of rotatable bonds is 6. The molecule has 0 spiro atoms. The first-order valence-electron chi connectivity index (χ1n) is 18.9. The van der Waals surface area contributed by atoms with Gasteiger partial charge in [-0.05, 0) is 66.4 Å². The zero-order valence-electron chi connectivity index (χ0n) is 30.2. The van der Waals surface area contributed by atoms with Crippen LogP contribution in [-0.2, 0) is 0 Å². The molecule has 2 N–H and O–H groups in total. The van der Waals surface area contributed by atoms with Crippen LogP contribution in [0.1, 0.15) is 30.1 Å². The second kappa shape index (κ2) is 13.3. The van der Waals surface area contributed by atoms with Crippen molar-refractivity contribution >= 4 is 49.7 Å². The van der Waals surface area contributed by atoms with Gasteiger partial charge >= 0.3 is 0 Å².